The number of amides is 1. The number of carbonyl (C=O) groups excluding carboxylic acids is 1. The zero-order chi connectivity index (χ0) is 20.1. The maximum atomic E-state index is 12.2. The third kappa shape index (κ3) is 5.23. The lowest BCUT2D eigenvalue weighted by atomic mass is 10.1. The van der Waals surface area contributed by atoms with Crippen LogP contribution in [0.15, 0.2) is 42.5 Å². The van der Waals surface area contributed by atoms with Gasteiger partial charge in [0.2, 0.25) is 5.13 Å². The summed E-state index contributed by atoms with van der Waals surface area (Å²) in [6, 6.07) is 11.5. The summed E-state index contributed by atoms with van der Waals surface area (Å²) in [7, 11) is 0. The van der Waals surface area contributed by atoms with Crippen LogP contribution >= 0.6 is 11.5 Å². The number of hydrogen-bond donors (Lipinski definition) is 1. The van der Waals surface area contributed by atoms with Crippen LogP contribution in [-0.2, 0) is 4.79 Å². The van der Waals surface area contributed by atoms with E-state index in [1.807, 2.05) is 26.0 Å². The van der Waals surface area contributed by atoms with Crippen molar-refractivity contribution in [2.45, 2.75) is 20.5 Å². The molecule has 0 radical (unpaired) electrons. The largest absolute Gasteiger partial charge is 0.484 e. The van der Waals surface area contributed by atoms with E-state index in [1.54, 1.807) is 18.2 Å². The average molecular weight is 405 g/mol. The van der Waals surface area contributed by atoms with Gasteiger partial charge < -0.3 is 9.47 Å². The fourth-order valence-corrected chi connectivity index (χ4v) is 2.89. The molecule has 0 unspecified atom stereocenters. The normalized spacial score (nSPS) is 10.8. The SMILES string of the molecule is Cc1ccc(OCC(=O)Nc2nc(-c3ccc(OC(F)F)cc3)ns2)cc1C. The Hall–Kier alpha value is -3.07. The second kappa shape index (κ2) is 8.75. The monoisotopic (exact) mass is 405 g/mol. The Kier molecular flexibility index (Phi) is 6.15. The zero-order valence-electron chi connectivity index (χ0n) is 15.1. The Morgan fingerprint density at radius 1 is 1.11 bits per heavy atom. The van der Waals surface area contributed by atoms with Gasteiger partial charge in [-0.2, -0.15) is 18.1 Å². The minimum absolute atomic E-state index is 0.0472. The summed E-state index contributed by atoms with van der Waals surface area (Å²) in [6.45, 7) is 0.933. The van der Waals surface area contributed by atoms with Crippen molar-refractivity contribution >= 4 is 22.6 Å². The van der Waals surface area contributed by atoms with Gasteiger partial charge in [0, 0.05) is 17.1 Å². The van der Waals surface area contributed by atoms with Crippen molar-refractivity contribution < 1.29 is 23.0 Å². The number of nitrogens with one attached hydrogen (secondary N) is 1. The number of nitrogens with zero attached hydrogens (tertiary/aromatic N) is 2. The number of rotatable bonds is 7. The quantitative estimate of drug-likeness (QED) is 0.629. The van der Waals surface area contributed by atoms with Gasteiger partial charge in [0.15, 0.2) is 12.4 Å². The topological polar surface area (TPSA) is 73.3 Å². The minimum Gasteiger partial charge on any atom is -0.484 e. The molecule has 3 aromatic rings. The van der Waals surface area contributed by atoms with Crippen LogP contribution in [0.4, 0.5) is 13.9 Å². The van der Waals surface area contributed by atoms with Crippen molar-refractivity contribution in [3.63, 3.8) is 0 Å². The highest BCUT2D eigenvalue weighted by atomic mass is 32.1. The van der Waals surface area contributed by atoms with Crippen LogP contribution in [0.2, 0.25) is 0 Å². The highest BCUT2D eigenvalue weighted by Crippen LogP contribution is 2.24. The molecule has 28 heavy (non-hydrogen) atoms. The van der Waals surface area contributed by atoms with Crippen LogP contribution in [0.25, 0.3) is 11.4 Å². The van der Waals surface area contributed by atoms with Crippen molar-refractivity contribution in [1.29, 1.82) is 0 Å². The molecule has 0 fully saturated rings. The molecule has 146 valence electrons. The van der Waals surface area contributed by atoms with Gasteiger partial charge in [-0.1, -0.05) is 6.07 Å². The average Bonchev–Trinajstić information content (AvgIpc) is 3.11. The van der Waals surface area contributed by atoms with E-state index < -0.39 is 6.61 Å². The summed E-state index contributed by atoms with van der Waals surface area (Å²) in [5.74, 6) is 0.675. The second-order valence-corrected chi connectivity index (χ2v) is 6.66. The number of alkyl halides is 2. The third-order valence-electron chi connectivity index (χ3n) is 3.86. The lowest BCUT2D eigenvalue weighted by molar-refractivity contribution is -0.118. The molecule has 1 N–H and O–H groups in total. The van der Waals surface area contributed by atoms with E-state index in [4.69, 9.17) is 4.74 Å². The molecule has 0 aliphatic heterocycles. The zero-order valence-corrected chi connectivity index (χ0v) is 15.9. The standard InChI is InChI=1S/C19H17F2N3O3S/c1-11-3-6-15(9-12(11)2)26-10-16(25)22-19-23-17(24-28-19)13-4-7-14(8-5-13)27-18(20)21/h3-9,18H,10H2,1-2H3,(H,22,23,24,25). The Morgan fingerprint density at radius 2 is 1.82 bits per heavy atom. The molecule has 1 amide bonds. The Balaban J connectivity index is 1.56. The molecule has 0 atom stereocenters. The van der Waals surface area contributed by atoms with E-state index in [2.05, 4.69) is 19.4 Å². The summed E-state index contributed by atoms with van der Waals surface area (Å²) < 4.78 is 38.3. The minimum atomic E-state index is -2.88. The number of ether oxygens (including phenoxy) is 2. The fraction of sp³-hybridized carbons (Fsp3) is 0.211. The summed E-state index contributed by atoms with van der Waals surface area (Å²) >= 11 is 1.01. The van der Waals surface area contributed by atoms with Crippen molar-refractivity contribution in [1.82, 2.24) is 9.36 Å². The van der Waals surface area contributed by atoms with Crippen LogP contribution in [-0.4, -0.2) is 28.5 Å². The van der Waals surface area contributed by atoms with Gasteiger partial charge in [-0.3, -0.25) is 10.1 Å². The van der Waals surface area contributed by atoms with E-state index in [9.17, 15) is 13.6 Å². The van der Waals surface area contributed by atoms with Crippen LogP contribution in [0.1, 0.15) is 11.1 Å². The molecular weight excluding hydrogens is 388 g/mol. The van der Waals surface area contributed by atoms with Crippen LogP contribution < -0.4 is 14.8 Å². The van der Waals surface area contributed by atoms with Crippen LogP contribution in [0, 0.1) is 13.8 Å². The molecule has 1 aromatic heterocycles. The number of aromatic nitrogens is 2. The molecule has 6 nitrogen and oxygen atoms in total. The predicted molar refractivity (Wildman–Crippen MR) is 102 cm³/mol. The Bertz CT molecular complexity index is 961. The lowest BCUT2D eigenvalue weighted by Crippen LogP contribution is -2.20. The van der Waals surface area contributed by atoms with Gasteiger partial charge in [0.1, 0.15) is 11.5 Å². The Labute approximate surface area is 164 Å². The van der Waals surface area contributed by atoms with Crippen molar-refractivity contribution in [3.05, 3.63) is 53.6 Å². The van der Waals surface area contributed by atoms with Crippen LogP contribution in [0.3, 0.4) is 0 Å². The first-order valence-corrected chi connectivity index (χ1v) is 9.07. The number of benzene rings is 2. The molecule has 0 aliphatic carbocycles. The first-order chi connectivity index (χ1) is 13.4. The molecule has 9 heteroatoms. The van der Waals surface area contributed by atoms with Gasteiger partial charge in [-0.25, -0.2) is 0 Å². The maximum Gasteiger partial charge on any atom is 0.387 e. The molecule has 0 bridgehead atoms. The molecule has 0 aliphatic rings. The summed E-state index contributed by atoms with van der Waals surface area (Å²) in [4.78, 5) is 16.3. The lowest BCUT2D eigenvalue weighted by Gasteiger charge is -2.07. The van der Waals surface area contributed by atoms with Crippen molar-refractivity contribution in [3.8, 4) is 22.9 Å². The van der Waals surface area contributed by atoms with Gasteiger partial charge in [0.25, 0.3) is 5.91 Å². The molecule has 1 heterocycles. The second-order valence-electron chi connectivity index (χ2n) is 5.91. The molecule has 0 saturated heterocycles. The number of carbonyl (C=O) groups is 1. The van der Waals surface area contributed by atoms with Crippen molar-refractivity contribution in [2.24, 2.45) is 0 Å². The number of aryl methyl sites for hydroxylation is 2. The maximum absolute atomic E-state index is 12.2. The van der Waals surface area contributed by atoms with E-state index in [0.29, 0.717) is 22.3 Å². The van der Waals surface area contributed by atoms with Crippen LogP contribution in [0.5, 0.6) is 11.5 Å². The van der Waals surface area contributed by atoms with E-state index in [1.165, 1.54) is 12.1 Å². The molecule has 3 rings (SSSR count). The smallest absolute Gasteiger partial charge is 0.387 e. The van der Waals surface area contributed by atoms with Gasteiger partial charge in [-0.05, 0) is 61.4 Å². The van der Waals surface area contributed by atoms with E-state index in [-0.39, 0.29) is 18.3 Å². The fourth-order valence-electron chi connectivity index (χ4n) is 2.28. The molecule has 0 saturated carbocycles. The number of anilines is 1. The van der Waals surface area contributed by atoms with E-state index >= 15 is 0 Å². The summed E-state index contributed by atoms with van der Waals surface area (Å²) in [6.07, 6.45) is 0. The highest BCUT2D eigenvalue weighted by Gasteiger charge is 2.11. The molecule has 2 aromatic carbocycles. The third-order valence-corrected chi connectivity index (χ3v) is 4.49. The van der Waals surface area contributed by atoms with Gasteiger partial charge in [0.05, 0.1) is 0 Å². The Morgan fingerprint density at radius 3 is 2.50 bits per heavy atom. The summed E-state index contributed by atoms with van der Waals surface area (Å²) in [5, 5.41) is 2.94. The van der Waals surface area contributed by atoms with E-state index in [0.717, 1.165) is 22.7 Å². The molecule has 0 spiro atoms. The summed E-state index contributed by atoms with van der Waals surface area (Å²) in [5.41, 5.74) is 2.84. The highest BCUT2D eigenvalue weighted by molar-refractivity contribution is 7.10. The number of hydrogen-bond acceptors (Lipinski definition) is 6. The van der Waals surface area contributed by atoms with Gasteiger partial charge >= 0.3 is 6.61 Å². The first-order valence-electron chi connectivity index (χ1n) is 8.29. The van der Waals surface area contributed by atoms with Crippen molar-refractivity contribution in [2.75, 3.05) is 11.9 Å². The van der Waals surface area contributed by atoms with Gasteiger partial charge in [-0.15, -0.1) is 0 Å². The molecular formula is C19H17F2N3O3S. The predicted octanol–water partition coefficient (Wildman–Crippen LogP) is 4.44. The first kappa shape index (κ1) is 19.7. The number of halogens is 2.